The molecule has 124 valence electrons. The second-order valence-corrected chi connectivity index (χ2v) is 6.34. The third kappa shape index (κ3) is 3.41. The normalized spacial score (nSPS) is 10.9. The predicted molar refractivity (Wildman–Crippen MR) is 103 cm³/mol. The van der Waals surface area contributed by atoms with E-state index in [-0.39, 0.29) is 0 Å². The van der Waals surface area contributed by atoms with Crippen molar-refractivity contribution < 1.29 is 0 Å². The first kappa shape index (κ1) is 15.5. The minimum Gasteiger partial charge on any atom is -0.366 e. The van der Waals surface area contributed by atoms with Gasteiger partial charge in [-0.15, -0.1) is 0 Å². The van der Waals surface area contributed by atoms with Crippen molar-refractivity contribution in [2.75, 3.05) is 5.32 Å². The number of aromatic nitrogens is 2. The summed E-state index contributed by atoms with van der Waals surface area (Å²) in [7, 11) is 0. The van der Waals surface area contributed by atoms with Crippen LogP contribution in [0.3, 0.4) is 0 Å². The van der Waals surface area contributed by atoms with Gasteiger partial charge in [-0.25, -0.2) is 4.98 Å². The molecule has 1 N–H and O–H groups in total. The Bertz CT molecular complexity index is 972. The molecule has 3 heteroatoms. The molecule has 2 heterocycles. The van der Waals surface area contributed by atoms with Crippen molar-refractivity contribution in [3.05, 3.63) is 101 Å². The van der Waals surface area contributed by atoms with Crippen LogP contribution in [0.5, 0.6) is 0 Å². The van der Waals surface area contributed by atoms with Crippen LogP contribution in [-0.2, 0) is 13.0 Å². The lowest BCUT2D eigenvalue weighted by atomic mass is 10.1. The third-order valence-electron chi connectivity index (χ3n) is 4.36. The van der Waals surface area contributed by atoms with Crippen LogP contribution in [0, 0.1) is 6.92 Å². The van der Waals surface area contributed by atoms with Crippen molar-refractivity contribution in [3.63, 3.8) is 0 Å². The second-order valence-electron chi connectivity index (χ2n) is 6.34. The topological polar surface area (TPSA) is 29.3 Å². The van der Waals surface area contributed by atoms with Gasteiger partial charge >= 0.3 is 0 Å². The second kappa shape index (κ2) is 6.81. The van der Waals surface area contributed by atoms with E-state index in [1.807, 2.05) is 12.1 Å². The molecule has 4 rings (SSSR count). The number of imidazole rings is 1. The van der Waals surface area contributed by atoms with E-state index >= 15 is 0 Å². The van der Waals surface area contributed by atoms with Crippen molar-refractivity contribution in [1.29, 1.82) is 0 Å². The van der Waals surface area contributed by atoms with E-state index in [0.29, 0.717) is 0 Å². The fourth-order valence-electron chi connectivity index (χ4n) is 3.08. The number of pyridine rings is 1. The molecule has 0 fully saturated rings. The highest BCUT2D eigenvalue weighted by Gasteiger charge is 2.12. The molecule has 0 atom stereocenters. The molecule has 4 aromatic rings. The number of hydrogen-bond donors (Lipinski definition) is 1. The molecule has 0 radical (unpaired) electrons. The van der Waals surface area contributed by atoms with Gasteiger partial charge in [0.2, 0.25) is 0 Å². The van der Waals surface area contributed by atoms with Gasteiger partial charge in [-0.2, -0.15) is 0 Å². The molecule has 0 bridgehead atoms. The van der Waals surface area contributed by atoms with Gasteiger partial charge in [0, 0.05) is 19.2 Å². The highest BCUT2D eigenvalue weighted by molar-refractivity contribution is 5.57. The molecule has 0 aliphatic rings. The number of benzene rings is 2. The molecule has 2 aromatic heterocycles. The summed E-state index contributed by atoms with van der Waals surface area (Å²) < 4.78 is 2.16. The molecule has 0 unspecified atom stereocenters. The first-order valence-corrected chi connectivity index (χ1v) is 8.59. The van der Waals surface area contributed by atoms with Gasteiger partial charge in [0.05, 0.1) is 5.69 Å². The maximum Gasteiger partial charge on any atom is 0.138 e. The molecule has 2 aromatic carbocycles. The molecule has 0 spiro atoms. The van der Waals surface area contributed by atoms with Crippen LogP contribution in [0.25, 0.3) is 5.65 Å². The fourth-order valence-corrected chi connectivity index (χ4v) is 3.08. The summed E-state index contributed by atoms with van der Waals surface area (Å²) in [5.74, 6) is 1.08. The van der Waals surface area contributed by atoms with Gasteiger partial charge < -0.3 is 5.32 Å². The van der Waals surface area contributed by atoms with Crippen molar-refractivity contribution in [3.8, 4) is 0 Å². The van der Waals surface area contributed by atoms with Gasteiger partial charge in [0.15, 0.2) is 0 Å². The number of rotatable bonds is 5. The molecule has 0 saturated carbocycles. The van der Waals surface area contributed by atoms with Crippen molar-refractivity contribution in [2.45, 2.75) is 19.9 Å². The molecule has 0 aliphatic heterocycles. The van der Waals surface area contributed by atoms with Crippen LogP contribution in [0.1, 0.15) is 22.4 Å². The number of aryl methyl sites for hydroxylation is 1. The monoisotopic (exact) mass is 327 g/mol. The maximum atomic E-state index is 4.86. The molecular formula is C22H21N3. The van der Waals surface area contributed by atoms with Crippen molar-refractivity contribution in [2.24, 2.45) is 0 Å². The molecule has 0 amide bonds. The summed E-state index contributed by atoms with van der Waals surface area (Å²) >= 11 is 0. The summed E-state index contributed by atoms with van der Waals surface area (Å²) in [5, 5.41) is 3.60. The van der Waals surface area contributed by atoms with Crippen LogP contribution in [-0.4, -0.2) is 9.38 Å². The molecular weight excluding hydrogens is 306 g/mol. The quantitative estimate of drug-likeness (QED) is 0.568. The van der Waals surface area contributed by atoms with Crippen LogP contribution in [0.15, 0.2) is 79.0 Å². The van der Waals surface area contributed by atoms with Crippen LogP contribution >= 0.6 is 0 Å². The van der Waals surface area contributed by atoms with E-state index in [9.17, 15) is 0 Å². The summed E-state index contributed by atoms with van der Waals surface area (Å²) in [5.41, 5.74) is 5.81. The lowest BCUT2D eigenvalue weighted by Crippen LogP contribution is -2.05. The molecule has 25 heavy (non-hydrogen) atoms. The van der Waals surface area contributed by atoms with Crippen LogP contribution < -0.4 is 5.32 Å². The van der Waals surface area contributed by atoms with Crippen LogP contribution in [0.2, 0.25) is 0 Å². The van der Waals surface area contributed by atoms with Gasteiger partial charge in [0.25, 0.3) is 0 Å². The zero-order chi connectivity index (χ0) is 17.1. The molecule has 3 nitrogen and oxygen atoms in total. The first-order valence-electron chi connectivity index (χ1n) is 8.59. The summed E-state index contributed by atoms with van der Waals surface area (Å²) in [6.45, 7) is 2.89. The van der Waals surface area contributed by atoms with Crippen LogP contribution in [0.4, 0.5) is 5.82 Å². The predicted octanol–water partition coefficient (Wildman–Crippen LogP) is 4.85. The lowest BCUT2D eigenvalue weighted by Gasteiger charge is -2.09. The number of hydrogen-bond acceptors (Lipinski definition) is 2. The molecule has 0 saturated heterocycles. The highest BCUT2D eigenvalue weighted by Crippen LogP contribution is 2.22. The first-order chi connectivity index (χ1) is 12.3. The average Bonchev–Trinajstić information content (AvgIpc) is 2.98. The Labute approximate surface area is 148 Å². The Kier molecular flexibility index (Phi) is 4.21. The Morgan fingerprint density at radius 1 is 0.840 bits per heavy atom. The van der Waals surface area contributed by atoms with E-state index in [0.717, 1.165) is 30.1 Å². The van der Waals surface area contributed by atoms with Gasteiger partial charge in [-0.05, 0) is 29.7 Å². The van der Waals surface area contributed by atoms with E-state index in [4.69, 9.17) is 4.98 Å². The Morgan fingerprint density at radius 3 is 2.24 bits per heavy atom. The minimum atomic E-state index is 0.782. The standard InChI is InChI=1S/C22H21N3/c1-17-12-13-21-24-20(14-18-8-4-2-5-9-18)22(25(21)16-17)23-15-19-10-6-3-7-11-19/h2-13,16,23H,14-15H2,1H3. The van der Waals surface area contributed by atoms with E-state index < -0.39 is 0 Å². The van der Waals surface area contributed by atoms with Crippen molar-refractivity contribution >= 4 is 11.5 Å². The summed E-state index contributed by atoms with van der Waals surface area (Å²) in [6.07, 6.45) is 2.96. The van der Waals surface area contributed by atoms with E-state index in [1.165, 1.54) is 16.7 Å². The highest BCUT2D eigenvalue weighted by atomic mass is 15.1. The third-order valence-corrected chi connectivity index (χ3v) is 4.36. The lowest BCUT2D eigenvalue weighted by molar-refractivity contribution is 1.05. The Balaban J connectivity index is 1.70. The number of nitrogens with one attached hydrogen (secondary N) is 1. The minimum absolute atomic E-state index is 0.782. The van der Waals surface area contributed by atoms with Gasteiger partial charge in [-0.3, -0.25) is 4.40 Å². The van der Waals surface area contributed by atoms with Gasteiger partial charge in [0.1, 0.15) is 11.5 Å². The van der Waals surface area contributed by atoms with E-state index in [2.05, 4.69) is 83.5 Å². The molecule has 0 aliphatic carbocycles. The Hall–Kier alpha value is -3.07. The number of anilines is 1. The zero-order valence-corrected chi connectivity index (χ0v) is 14.3. The van der Waals surface area contributed by atoms with Gasteiger partial charge in [-0.1, -0.05) is 66.7 Å². The fraction of sp³-hybridized carbons (Fsp3) is 0.136. The smallest absolute Gasteiger partial charge is 0.138 e. The summed E-state index contributed by atoms with van der Waals surface area (Å²) in [4.78, 5) is 4.86. The zero-order valence-electron chi connectivity index (χ0n) is 14.3. The van der Waals surface area contributed by atoms with E-state index in [1.54, 1.807) is 0 Å². The number of fused-ring (bicyclic) bond motifs is 1. The Morgan fingerprint density at radius 2 is 1.52 bits per heavy atom. The summed E-state index contributed by atoms with van der Waals surface area (Å²) in [6, 6.07) is 25.1. The SMILES string of the molecule is Cc1ccc2nc(Cc3ccccc3)c(NCc3ccccc3)n2c1. The largest absolute Gasteiger partial charge is 0.366 e. The van der Waals surface area contributed by atoms with Crippen molar-refractivity contribution in [1.82, 2.24) is 9.38 Å². The average molecular weight is 327 g/mol. The maximum absolute atomic E-state index is 4.86. The number of nitrogens with zero attached hydrogens (tertiary/aromatic N) is 2.